The third-order valence-electron chi connectivity index (χ3n) is 3.43. The van der Waals surface area contributed by atoms with Crippen LogP contribution in [-0.2, 0) is 0 Å². The number of anilines is 1. The highest BCUT2D eigenvalue weighted by molar-refractivity contribution is 9.10. The minimum absolute atomic E-state index is 0.00759. The highest BCUT2D eigenvalue weighted by Crippen LogP contribution is 2.24. The van der Waals surface area contributed by atoms with Crippen molar-refractivity contribution in [2.24, 2.45) is 5.92 Å². The second-order valence-electron chi connectivity index (χ2n) is 5.08. The van der Waals surface area contributed by atoms with Gasteiger partial charge in [-0.15, -0.1) is 0 Å². The average Bonchev–Trinajstić information content (AvgIpc) is 2.34. The van der Waals surface area contributed by atoms with E-state index < -0.39 is 0 Å². The van der Waals surface area contributed by atoms with Crippen LogP contribution in [0.4, 0.5) is 10.5 Å². The number of urea groups is 1. The molecule has 1 N–H and O–H groups in total. The number of hydrogen-bond donors (Lipinski definition) is 1. The second kappa shape index (κ2) is 5.74. The standard InChI is InChI=1S/C14H19BrN2O/c1-10-5-7-17(8-6-10)14(18)16-13-9-11(2)3-4-12(13)15/h3-4,9-10H,5-8H2,1-2H3,(H,16,18). The lowest BCUT2D eigenvalue weighted by Gasteiger charge is -2.30. The number of amides is 2. The van der Waals surface area contributed by atoms with Gasteiger partial charge >= 0.3 is 6.03 Å². The Hall–Kier alpha value is -1.03. The van der Waals surface area contributed by atoms with E-state index >= 15 is 0 Å². The van der Waals surface area contributed by atoms with E-state index in [0.29, 0.717) is 0 Å². The van der Waals surface area contributed by atoms with Gasteiger partial charge in [0, 0.05) is 17.6 Å². The molecule has 0 aromatic heterocycles. The fraction of sp³-hybridized carbons (Fsp3) is 0.500. The van der Waals surface area contributed by atoms with E-state index in [1.165, 1.54) is 0 Å². The molecule has 1 aromatic rings. The summed E-state index contributed by atoms with van der Waals surface area (Å²) in [5.74, 6) is 0.736. The number of carbonyl (C=O) groups is 1. The molecule has 98 valence electrons. The smallest absolute Gasteiger partial charge is 0.321 e. The van der Waals surface area contributed by atoms with Crippen LogP contribution in [0, 0.1) is 12.8 Å². The van der Waals surface area contributed by atoms with Crippen LogP contribution in [0.1, 0.15) is 25.3 Å². The number of piperidine rings is 1. The molecule has 1 heterocycles. The summed E-state index contributed by atoms with van der Waals surface area (Å²) in [4.78, 5) is 14.0. The number of rotatable bonds is 1. The predicted octanol–water partition coefficient (Wildman–Crippen LogP) is 4.02. The van der Waals surface area contributed by atoms with E-state index in [1.807, 2.05) is 30.0 Å². The van der Waals surface area contributed by atoms with E-state index in [4.69, 9.17) is 0 Å². The van der Waals surface area contributed by atoms with Gasteiger partial charge in [-0.25, -0.2) is 4.79 Å². The Labute approximate surface area is 117 Å². The number of nitrogens with zero attached hydrogens (tertiary/aromatic N) is 1. The Balaban J connectivity index is 2.00. The summed E-state index contributed by atoms with van der Waals surface area (Å²) in [6, 6.07) is 5.97. The van der Waals surface area contributed by atoms with Crippen LogP contribution in [-0.4, -0.2) is 24.0 Å². The molecule has 0 atom stereocenters. The fourth-order valence-corrected chi connectivity index (χ4v) is 2.49. The topological polar surface area (TPSA) is 32.3 Å². The molecule has 1 fully saturated rings. The molecular weight excluding hydrogens is 292 g/mol. The third-order valence-corrected chi connectivity index (χ3v) is 4.13. The van der Waals surface area contributed by atoms with E-state index in [0.717, 1.165) is 47.6 Å². The van der Waals surface area contributed by atoms with Gasteiger partial charge in [-0.1, -0.05) is 13.0 Å². The van der Waals surface area contributed by atoms with Crippen molar-refractivity contribution in [1.29, 1.82) is 0 Å². The lowest BCUT2D eigenvalue weighted by atomic mass is 10.00. The number of nitrogens with one attached hydrogen (secondary N) is 1. The maximum absolute atomic E-state index is 12.1. The van der Waals surface area contributed by atoms with Crippen LogP contribution >= 0.6 is 15.9 Å². The van der Waals surface area contributed by atoms with Crippen LogP contribution in [0.25, 0.3) is 0 Å². The van der Waals surface area contributed by atoms with E-state index in [-0.39, 0.29) is 6.03 Å². The quantitative estimate of drug-likeness (QED) is 0.834. The number of benzene rings is 1. The highest BCUT2D eigenvalue weighted by atomic mass is 79.9. The molecule has 0 bridgehead atoms. The lowest BCUT2D eigenvalue weighted by Crippen LogP contribution is -2.40. The molecular formula is C14H19BrN2O. The van der Waals surface area contributed by atoms with Gasteiger partial charge in [0.15, 0.2) is 0 Å². The number of hydrogen-bond acceptors (Lipinski definition) is 1. The summed E-state index contributed by atoms with van der Waals surface area (Å²) in [6.07, 6.45) is 2.20. The van der Waals surface area contributed by atoms with E-state index in [2.05, 4.69) is 28.2 Å². The third kappa shape index (κ3) is 3.25. The van der Waals surface area contributed by atoms with Gasteiger partial charge in [0.25, 0.3) is 0 Å². The van der Waals surface area contributed by atoms with E-state index in [9.17, 15) is 4.79 Å². The Morgan fingerprint density at radius 2 is 2.06 bits per heavy atom. The molecule has 0 radical (unpaired) electrons. The number of aryl methyl sites for hydroxylation is 1. The van der Waals surface area contributed by atoms with Crippen molar-refractivity contribution in [1.82, 2.24) is 4.90 Å². The van der Waals surface area contributed by atoms with Gasteiger partial charge in [0.05, 0.1) is 5.69 Å². The molecule has 2 rings (SSSR count). The van der Waals surface area contributed by atoms with Gasteiger partial charge in [0.1, 0.15) is 0 Å². The first-order valence-electron chi connectivity index (χ1n) is 6.38. The molecule has 0 spiro atoms. The van der Waals surface area contributed by atoms with Crippen molar-refractivity contribution in [3.8, 4) is 0 Å². The molecule has 1 aliphatic rings. The molecule has 4 heteroatoms. The SMILES string of the molecule is Cc1ccc(Br)c(NC(=O)N2CCC(C)CC2)c1. The summed E-state index contributed by atoms with van der Waals surface area (Å²) in [6.45, 7) is 5.98. The van der Waals surface area contributed by atoms with Gasteiger partial charge in [0.2, 0.25) is 0 Å². The van der Waals surface area contributed by atoms with Crippen LogP contribution < -0.4 is 5.32 Å². The van der Waals surface area contributed by atoms with Crippen molar-refractivity contribution in [3.05, 3.63) is 28.2 Å². The van der Waals surface area contributed by atoms with Crippen molar-refractivity contribution in [3.63, 3.8) is 0 Å². The minimum Gasteiger partial charge on any atom is -0.325 e. The number of carbonyl (C=O) groups excluding carboxylic acids is 1. The molecule has 1 saturated heterocycles. The molecule has 3 nitrogen and oxygen atoms in total. The van der Waals surface area contributed by atoms with Crippen molar-refractivity contribution >= 4 is 27.6 Å². The molecule has 0 unspecified atom stereocenters. The van der Waals surface area contributed by atoms with Gasteiger partial charge < -0.3 is 10.2 Å². The lowest BCUT2D eigenvalue weighted by molar-refractivity contribution is 0.186. The zero-order chi connectivity index (χ0) is 13.1. The Kier molecular flexibility index (Phi) is 4.27. The molecule has 1 aromatic carbocycles. The highest BCUT2D eigenvalue weighted by Gasteiger charge is 2.20. The average molecular weight is 311 g/mol. The Bertz CT molecular complexity index is 439. The molecule has 0 aliphatic carbocycles. The second-order valence-corrected chi connectivity index (χ2v) is 5.94. The summed E-state index contributed by atoms with van der Waals surface area (Å²) < 4.78 is 0.923. The fourth-order valence-electron chi connectivity index (χ4n) is 2.14. The van der Waals surface area contributed by atoms with Crippen LogP contribution in [0.5, 0.6) is 0 Å². The summed E-state index contributed by atoms with van der Waals surface area (Å²) >= 11 is 3.46. The first kappa shape index (κ1) is 13.4. The summed E-state index contributed by atoms with van der Waals surface area (Å²) in [7, 11) is 0. The number of likely N-dealkylation sites (tertiary alicyclic amines) is 1. The normalized spacial score (nSPS) is 16.7. The van der Waals surface area contributed by atoms with Gasteiger partial charge in [-0.2, -0.15) is 0 Å². The predicted molar refractivity (Wildman–Crippen MR) is 77.9 cm³/mol. The molecule has 18 heavy (non-hydrogen) atoms. The molecule has 1 aliphatic heterocycles. The largest absolute Gasteiger partial charge is 0.325 e. The Morgan fingerprint density at radius 3 is 2.72 bits per heavy atom. The van der Waals surface area contributed by atoms with Crippen molar-refractivity contribution in [2.45, 2.75) is 26.7 Å². The zero-order valence-electron chi connectivity index (χ0n) is 10.9. The van der Waals surface area contributed by atoms with Crippen LogP contribution in [0.3, 0.4) is 0 Å². The Morgan fingerprint density at radius 1 is 1.39 bits per heavy atom. The first-order valence-corrected chi connectivity index (χ1v) is 7.17. The van der Waals surface area contributed by atoms with Gasteiger partial charge in [-0.05, 0) is 59.3 Å². The van der Waals surface area contributed by atoms with Crippen molar-refractivity contribution < 1.29 is 4.79 Å². The number of halogens is 1. The van der Waals surface area contributed by atoms with Crippen LogP contribution in [0.2, 0.25) is 0 Å². The molecule has 2 amide bonds. The van der Waals surface area contributed by atoms with E-state index in [1.54, 1.807) is 0 Å². The maximum atomic E-state index is 12.1. The van der Waals surface area contributed by atoms with Crippen LogP contribution in [0.15, 0.2) is 22.7 Å². The first-order chi connectivity index (χ1) is 8.56. The summed E-state index contributed by atoms with van der Waals surface area (Å²) in [5.41, 5.74) is 1.99. The van der Waals surface area contributed by atoms with Gasteiger partial charge in [-0.3, -0.25) is 0 Å². The summed E-state index contributed by atoms with van der Waals surface area (Å²) in [5, 5.41) is 2.98. The zero-order valence-corrected chi connectivity index (χ0v) is 12.5. The van der Waals surface area contributed by atoms with Crippen molar-refractivity contribution in [2.75, 3.05) is 18.4 Å². The minimum atomic E-state index is 0.00759. The maximum Gasteiger partial charge on any atom is 0.321 e. The monoisotopic (exact) mass is 310 g/mol. The molecule has 0 saturated carbocycles.